The van der Waals surface area contributed by atoms with E-state index in [1.807, 2.05) is 6.20 Å². The molecule has 0 aliphatic carbocycles. The molecule has 0 amide bonds. The van der Waals surface area contributed by atoms with Crippen molar-refractivity contribution in [3.63, 3.8) is 0 Å². The van der Waals surface area contributed by atoms with Crippen LogP contribution >= 0.6 is 0 Å². The molecule has 6 aromatic carbocycles. The maximum atomic E-state index is 7.10. The van der Waals surface area contributed by atoms with Crippen LogP contribution in [0.4, 0.5) is 0 Å². The van der Waals surface area contributed by atoms with Crippen LogP contribution in [0.2, 0.25) is 0 Å². The van der Waals surface area contributed by atoms with Crippen molar-refractivity contribution in [1.82, 2.24) is 14.1 Å². The molecule has 0 saturated heterocycles. The summed E-state index contributed by atoms with van der Waals surface area (Å²) in [5.74, 6) is 2.38. The van der Waals surface area contributed by atoms with Crippen molar-refractivity contribution in [2.75, 3.05) is 0 Å². The second-order valence-corrected chi connectivity index (χ2v) is 22.6. The summed E-state index contributed by atoms with van der Waals surface area (Å²) in [7, 11) is 0. The van der Waals surface area contributed by atoms with Crippen LogP contribution < -0.4 is 9.30 Å². The highest BCUT2D eigenvalue weighted by molar-refractivity contribution is 6.10. The van der Waals surface area contributed by atoms with E-state index in [0.717, 1.165) is 56.4 Å². The van der Waals surface area contributed by atoms with Gasteiger partial charge in [-0.1, -0.05) is 169 Å². The molecule has 5 nitrogen and oxygen atoms in total. The van der Waals surface area contributed by atoms with Crippen molar-refractivity contribution in [1.29, 1.82) is 0 Å². The SMILES string of the molecule is CC(C)(C)c1cccc(-[n+]2[c-]n(-c3cc(Oc4ccc5c6cc(C(C)(C)c7ccccc7)ccc6n(-c6cc(C(C)(C)C)ccn6)c5c4)cc(C(C)(C)c4ccccc4)c3)cc2C(C)(C)C)c1. The molecule has 0 radical (unpaired) electrons. The summed E-state index contributed by atoms with van der Waals surface area (Å²) in [6.45, 7) is 29.6. The van der Waals surface area contributed by atoms with Gasteiger partial charge < -0.3 is 4.74 Å². The molecule has 0 aliphatic heterocycles. The van der Waals surface area contributed by atoms with Crippen LogP contribution in [-0.4, -0.2) is 14.1 Å². The topological polar surface area (TPSA) is 35.9 Å². The fourth-order valence-electron chi connectivity index (χ4n) is 9.37. The second-order valence-electron chi connectivity index (χ2n) is 22.6. The van der Waals surface area contributed by atoms with Crippen LogP contribution in [0.15, 0.2) is 164 Å². The van der Waals surface area contributed by atoms with Crippen molar-refractivity contribution in [2.45, 2.75) is 117 Å². The van der Waals surface area contributed by atoms with Gasteiger partial charge in [0.25, 0.3) is 6.33 Å². The first kappa shape index (κ1) is 45.4. The van der Waals surface area contributed by atoms with E-state index in [2.05, 4.69) is 268 Å². The Kier molecular flexibility index (Phi) is 11.2. The minimum atomic E-state index is -0.336. The highest BCUT2D eigenvalue weighted by Crippen LogP contribution is 2.41. The lowest BCUT2D eigenvalue weighted by atomic mass is 9.78. The summed E-state index contributed by atoms with van der Waals surface area (Å²) in [6.07, 6.45) is 7.96. The van der Waals surface area contributed by atoms with Gasteiger partial charge in [0.15, 0.2) is 0 Å². The van der Waals surface area contributed by atoms with Crippen LogP contribution in [0, 0.1) is 6.33 Å². The number of pyridine rings is 1. The lowest BCUT2D eigenvalue weighted by Gasteiger charge is -2.27. The minimum absolute atomic E-state index is 0.0111. The zero-order valence-corrected chi connectivity index (χ0v) is 41.8. The van der Waals surface area contributed by atoms with E-state index >= 15 is 0 Å². The number of ether oxygens (including phenoxy) is 1. The number of fused-ring (bicyclic) bond motifs is 3. The standard InChI is InChI=1S/C62H66N4O/c1-58(2,3)44-25-20-26-48(33-44)65-41-64(40-56(65)60(7,8)9)49-34-47(62(12,13)43-23-18-15-19-24-43)35-51(38-49)67-50-28-29-52-53-36-46(61(10,11)42-21-16-14-17-22-42)27-30-54(53)66(55(52)39-50)57-37-45(31-32-63-57)59(4,5)6/h14-40H,1-13H3. The smallest absolute Gasteiger partial charge is 0.269 e. The predicted molar refractivity (Wildman–Crippen MR) is 278 cm³/mol. The molecule has 0 spiro atoms. The van der Waals surface area contributed by atoms with E-state index in [1.165, 1.54) is 33.2 Å². The summed E-state index contributed by atoms with van der Waals surface area (Å²) in [5, 5.41) is 2.33. The van der Waals surface area contributed by atoms with E-state index in [1.54, 1.807) is 0 Å². The molecule has 9 aromatic rings. The van der Waals surface area contributed by atoms with E-state index in [0.29, 0.717) is 0 Å². The summed E-state index contributed by atoms with van der Waals surface area (Å²) in [5.41, 5.74) is 12.0. The van der Waals surface area contributed by atoms with Crippen molar-refractivity contribution in [3.05, 3.63) is 209 Å². The first-order valence-corrected chi connectivity index (χ1v) is 23.8. The third kappa shape index (κ3) is 8.73. The average molecular weight is 883 g/mol. The Bertz CT molecular complexity index is 3250. The van der Waals surface area contributed by atoms with Gasteiger partial charge in [-0.3, -0.25) is 13.7 Å². The predicted octanol–water partition coefficient (Wildman–Crippen LogP) is 15.4. The van der Waals surface area contributed by atoms with Crippen LogP contribution in [0.25, 0.3) is 39.0 Å². The molecule has 67 heavy (non-hydrogen) atoms. The van der Waals surface area contributed by atoms with Crippen molar-refractivity contribution < 1.29 is 9.30 Å². The molecule has 5 heteroatoms. The molecular formula is C62H66N4O. The van der Waals surface area contributed by atoms with Crippen LogP contribution in [0.3, 0.4) is 0 Å². The molecule has 3 heterocycles. The van der Waals surface area contributed by atoms with Gasteiger partial charge in [0.1, 0.15) is 17.3 Å². The Morgan fingerprint density at radius 1 is 0.463 bits per heavy atom. The van der Waals surface area contributed by atoms with Gasteiger partial charge in [-0.15, -0.1) is 0 Å². The number of benzene rings is 6. The van der Waals surface area contributed by atoms with Crippen molar-refractivity contribution >= 4 is 21.8 Å². The molecule has 0 N–H and O–H groups in total. The molecule has 9 rings (SSSR count). The molecule has 0 aliphatic rings. The first-order chi connectivity index (χ1) is 31.6. The Morgan fingerprint density at radius 2 is 1.09 bits per heavy atom. The Labute approximate surface area is 398 Å². The summed E-state index contributed by atoms with van der Waals surface area (Å²) in [4.78, 5) is 5.02. The third-order valence-electron chi connectivity index (χ3n) is 13.9. The van der Waals surface area contributed by atoms with Crippen LogP contribution in [0.1, 0.15) is 129 Å². The van der Waals surface area contributed by atoms with Gasteiger partial charge in [-0.05, 0) is 116 Å². The maximum absolute atomic E-state index is 7.10. The number of aromatic nitrogens is 4. The number of imidazole rings is 1. The largest absolute Gasteiger partial charge is 0.458 e. The van der Waals surface area contributed by atoms with E-state index in [9.17, 15) is 0 Å². The fraction of sp³-hybridized carbons (Fsp3) is 0.290. The van der Waals surface area contributed by atoms with Crippen molar-refractivity contribution in [2.24, 2.45) is 0 Å². The molecular weight excluding hydrogens is 817 g/mol. The summed E-state index contributed by atoms with van der Waals surface area (Å²) >= 11 is 0. The highest BCUT2D eigenvalue weighted by atomic mass is 16.5. The average Bonchev–Trinajstić information content (AvgIpc) is 3.90. The minimum Gasteiger partial charge on any atom is -0.458 e. The third-order valence-corrected chi connectivity index (χ3v) is 13.9. The van der Waals surface area contributed by atoms with Gasteiger partial charge in [-0.25, -0.2) is 4.98 Å². The number of hydrogen-bond acceptors (Lipinski definition) is 2. The van der Waals surface area contributed by atoms with Gasteiger partial charge in [-0.2, -0.15) is 0 Å². The summed E-state index contributed by atoms with van der Waals surface area (Å²) < 4.78 is 13.8. The van der Waals surface area contributed by atoms with Crippen LogP contribution in [-0.2, 0) is 27.1 Å². The van der Waals surface area contributed by atoms with Gasteiger partial charge in [0, 0.05) is 40.1 Å². The summed E-state index contributed by atoms with van der Waals surface area (Å²) in [6, 6.07) is 54.9. The van der Waals surface area contributed by atoms with Gasteiger partial charge in [0.2, 0.25) is 0 Å². The Morgan fingerprint density at radius 3 is 1.73 bits per heavy atom. The molecule has 0 saturated carbocycles. The fourth-order valence-corrected chi connectivity index (χ4v) is 9.37. The Balaban J connectivity index is 1.22. The number of nitrogens with zero attached hydrogens (tertiary/aromatic N) is 4. The van der Waals surface area contributed by atoms with Gasteiger partial charge >= 0.3 is 0 Å². The molecule has 340 valence electrons. The number of rotatable bonds is 9. The van der Waals surface area contributed by atoms with E-state index in [4.69, 9.17) is 9.72 Å². The van der Waals surface area contributed by atoms with Crippen molar-refractivity contribution in [3.8, 4) is 28.7 Å². The molecule has 0 atom stereocenters. The van der Waals surface area contributed by atoms with E-state index < -0.39 is 0 Å². The zero-order chi connectivity index (χ0) is 47.7. The highest BCUT2D eigenvalue weighted by Gasteiger charge is 2.29. The molecule has 0 bridgehead atoms. The molecule has 0 fully saturated rings. The monoisotopic (exact) mass is 883 g/mol. The number of hydrogen-bond donors (Lipinski definition) is 0. The van der Waals surface area contributed by atoms with Crippen LogP contribution in [0.5, 0.6) is 11.5 Å². The second kappa shape index (κ2) is 16.6. The molecule has 3 aromatic heterocycles. The van der Waals surface area contributed by atoms with Gasteiger partial charge in [0.05, 0.1) is 28.1 Å². The maximum Gasteiger partial charge on any atom is 0.269 e. The lowest BCUT2D eigenvalue weighted by molar-refractivity contribution is -0.611. The quantitative estimate of drug-likeness (QED) is 0.107. The first-order valence-electron chi connectivity index (χ1n) is 23.8. The normalized spacial score (nSPS) is 12.9. The molecule has 0 unspecified atom stereocenters. The lowest BCUT2D eigenvalue weighted by Crippen LogP contribution is -2.39. The zero-order valence-electron chi connectivity index (χ0n) is 41.8. The Hall–Kier alpha value is -6.72. The van der Waals surface area contributed by atoms with E-state index in [-0.39, 0.29) is 27.1 Å².